The minimum atomic E-state index is -0.175. The van der Waals surface area contributed by atoms with Crippen LogP contribution in [0.1, 0.15) is 23.1 Å². The summed E-state index contributed by atoms with van der Waals surface area (Å²) in [7, 11) is 1.79. The fraction of sp³-hybridized carbons (Fsp3) is 0.364. The first-order chi connectivity index (χ1) is 8.60. The molecule has 18 heavy (non-hydrogen) atoms. The van der Waals surface area contributed by atoms with E-state index >= 15 is 0 Å². The topological polar surface area (TPSA) is 64.7 Å². The first kappa shape index (κ1) is 13.1. The highest BCUT2D eigenvalue weighted by molar-refractivity contribution is 14.1. The number of rotatable bonds is 4. The van der Waals surface area contributed by atoms with Gasteiger partial charge in [-0.1, -0.05) is 0 Å². The Hall–Kier alpha value is -1.38. The van der Waals surface area contributed by atoms with Crippen LogP contribution in [0.5, 0.6) is 0 Å². The van der Waals surface area contributed by atoms with Gasteiger partial charge in [-0.2, -0.15) is 10.2 Å². The van der Waals surface area contributed by atoms with Crippen molar-refractivity contribution >= 4 is 28.5 Å². The summed E-state index contributed by atoms with van der Waals surface area (Å²) in [5.41, 5.74) is 1.30. The van der Waals surface area contributed by atoms with Crippen molar-refractivity contribution in [1.29, 1.82) is 0 Å². The molecule has 0 aliphatic carbocycles. The zero-order valence-electron chi connectivity index (χ0n) is 10.2. The Balaban J connectivity index is 1.98. The van der Waals surface area contributed by atoms with E-state index in [4.69, 9.17) is 0 Å². The molecule has 0 aliphatic rings. The van der Waals surface area contributed by atoms with Gasteiger partial charge in [0.1, 0.15) is 0 Å². The van der Waals surface area contributed by atoms with Gasteiger partial charge in [0, 0.05) is 26.0 Å². The molecule has 7 heteroatoms. The molecule has 0 saturated carbocycles. The lowest BCUT2D eigenvalue weighted by molar-refractivity contribution is 0.0943. The minimum absolute atomic E-state index is 0.175. The van der Waals surface area contributed by atoms with Crippen molar-refractivity contribution in [2.24, 2.45) is 7.05 Å². The maximum Gasteiger partial charge on any atom is 0.273 e. The van der Waals surface area contributed by atoms with Gasteiger partial charge in [-0.25, -0.2) is 0 Å². The Morgan fingerprint density at radius 1 is 1.50 bits per heavy atom. The van der Waals surface area contributed by atoms with E-state index in [0.717, 1.165) is 15.8 Å². The van der Waals surface area contributed by atoms with Crippen LogP contribution in [0.25, 0.3) is 0 Å². The number of hydrogen-bond acceptors (Lipinski definition) is 3. The van der Waals surface area contributed by atoms with Crippen LogP contribution in [0.4, 0.5) is 0 Å². The summed E-state index contributed by atoms with van der Waals surface area (Å²) in [5.74, 6) is -0.175. The SMILES string of the molecule is CCn1ccc(CNC(=O)c2nn(C)cc2I)n1. The molecule has 2 aromatic heterocycles. The summed E-state index contributed by atoms with van der Waals surface area (Å²) >= 11 is 2.10. The van der Waals surface area contributed by atoms with Crippen molar-refractivity contribution in [3.63, 3.8) is 0 Å². The predicted octanol–water partition coefficient (Wildman–Crippen LogP) is 1.17. The molecule has 1 amide bonds. The van der Waals surface area contributed by atoms with Crippen LogP contribution in [0.3, 0.4) is 0 Å². The largest absolute Gasteiger partial charge is 0.345 e. The number of carbonyl (C=O) groups excluding carboxylic acids is 1. The van der Waals surface area contributed by atoms with E-state index in [1.54, 1.807) is 17.9 Å². The molecule has 0 unspecified atom stereocenters. The van der Waals surface area contributed by atoms with E-state index < -0.39 is 0 Å². The van der Waals surface area contributed by atoms with Crippen molar-refractivity contribution in [2.45, 2.75) is 20.0 Å². The maximum atomic E-state index is 11.9. The molecule has 0 radical (unpaired) electrons. The number of nitrogens with zero attached hydrogens (tertiary/aromatic N) is 4. The van der Waals surface area contributed by atoms with Crippen molar-refractivity contribution in [3.8, 4) is 0 Å². The summed E-state index contributed by atoms with van der Waals surface area (Å²) in [6.07, 6.45) is 3.70. The molecular weight excluding hydrogens is 345 g/mol. The average molecular weight is 359 g/mol. The molecular formula is C11H14IN5O. The molecule has 0 aromatic carbocycles. The standard InChI is InChI=1S/C11H14IN5O/c1-3-17-5-4-8(14-17)6-13-11(18)10-9(12)7-16(2)15-10/h4-5,7H,3,6H2,1-2H3,(H,13,18). The van der Waals surface area contributed by atoms with Crippen molar-refractivity contribution in [2.75, 3.05) is 0 Å². The van der Waals surface area contributed by atoms with Crippen LogP contribution in [0.15, 0.2) is 18.5 Å². The molecule has 0 aliphatic heterocycles. The molecule has 2 rings (SSSR count). The van der Waals surface area contributed by atoms with E-state index in [1.807, 2.05) is 23.9 Å². The number of aryl methyl sites for hydroxylation is 2. The van der Waals surface area contributed by atoms with Crippen molar-refractivity contribution < 1.29 is 4.79 Å². The van der Waals surface area contributed by atoms with Crippen LogP contribution in [0, 0.1) is 3.57 Å². The second kappa shape index (κ2) is 5.51. The fourth-order valence-electron chi connectivity index (χ4n) is 1.54. The highest BCUT2D eigenvalue weighted by Gasteiger charge is 2.14. The summed E-state index contributed by atoms with van der Waals surface area (Å²) in [4.78, 5) is 11.9. The van der Waals surface area contributed by atoms with Gasteiger partial charge in [0.05, 0.1) is 15.8 Å². The zero-order chi connectivity index (χ0) is 13.1. The van der Waals surface area contributed by atoms with Gasteiger partial charge in [0.15, 0.2) is 5.69 Å². The molecule has 0 atom stereocenters. The minimum Gasteiger partial charge on any atom is -0.345 e. The Kier molecular flexibility index (Phi) is 4.00. The van der Waals surface area contributed by atoms with Gasteiger partial charge in [0.2, 0.25) is 0 Å². The molecule has 6 nitrogen and oxygen atoms in total. The third-order valence-corrected chi connectivity index (χ3v) is 3.24. The number of halogens is 1. The molecule has 0 bridgehead atoms. The third-order valence-electron chi connectivity index (χ3n) is 2.45. The monoisotopic (exact) mass is 359 g/mol. The highest BCUT2D eigenvalue weighted by Crippen LogP contribution is 2.09. The van der Waals surface area contributed by atoms with E-state index in [2.05, 4.69) is 38.1 Å². The smallest absolute Gasteiger partial charge is 0.273 e. The number of hydrogen-bond donors (Lipinski definition) is 1. The number of amides is 1. The summed E-state index contributed by atoms with van der Waals surface area (Å²) in [6, 6.07) is 1.90. The molecule has 0 fully saturated rings. The van der Waals surface area contributed by atoms with Gasteiger partial charge in [-0.05, 0) is 35.6 Å². The van der Waals surface area contributed by atoms with Gasteiger partial charge in [-0.15, -0.1) is 0 Å². The van der Waals surface area contributed by atoms with Crippen LogP contribution < -0.4 is 5.32 Å². The Morgan fingerprint density at radius 3 is 2.83 bits per heavy atom. The lowest BCUT2D eigenvalue weighted by atomic mass is 10.4. The van der Waals surface area contributed by atoms with Crippen molar-refractivity contribution in [1.82, 2.24) is 24.9 Å². The average Bonchev–Trinajstić information content (AvgIpc) is 2.92. The van der Waals surface area contributed by atoms with Gasteiger partial charge in [0.25, 0.3) is 5.91 Å². The van der Waals surface area contributed by atoms with Gasteiger partial charge < -0.3 is 5.32 Å². The number of nitrogens with one attached hydrogen (secondary N) is 1. The molecule has 2 heterocycles. The number of aromatic nitrogens is 4. The predicted molar refractivity (Wildman–Crippen MR) is 75.0 cm³/mol. The molecule has 96 valence electrons. The fourth-order valence-corrected chi connectivity index (χ4v) is 2.30. The Morgan fingerprint density at radius 2 is 2.28 bits per heavy atom. The maximum absolute atomic E-state index is 11.9. The quantitative estimate of drug-likeness (QED) is 0.834. The van der Waals surface area contributed by atoms with Crippen LogP contribution in [-0.4, -0.2) is 25.5 Å². The Bertz CT molecular complexity index is 560. The highest BCUT2D eigenvalue weighted by atomic mass is 127. The third kappa shape index (κ3) is 2.89. The van der Waals surface area contributed by atoms with E-state index in [0.29, 0.717) is 12.2 Å². The Labute approximate surface area is 119 Å². The van der Waals surface area contributed by atoms with Gasteiger partial charge in [-0.3, -0.25) is 14.2 Å². The molecule has 0 spiro atoms. The molecule has 0 saturated heterocycles. The van der Waals surface area contributed by atoms with E-state index in [9.17, 15) is 4.79 Å². The lowest BCUT2D eigenvalue weighted by Crippen LogP contribution is -2.24. The molecule has 2 aromatic rings. The second-order valence-corrected chi connectivity index (χ2v) is 5.01. The summed E-state index contributed by atoms with van der Waals surface area (Å²) < 4.78 is 4.29. The number of carbonyl (C=O) groups is 1. The summed E-state index contributed by atoms with van der Waals surface area (Å²) in [6.45, 7) is 3.26. The second-order valence-electron chi connectivity index (χ2n) is 3.84. The normalized spacial score (nSPS) is 10.6. The van der Waals surface area contributed by atoms with E-state index in [-0.39, 0.29) is 5.91 Å². The summed E-state index contributed by atoms with van der Waals surface area (Å²) in [5, 5.41) is 11.2. The zero-order valence-corrected chi connectivity index (χ0v) is 12.4. The van der Waals surface area contributed by atoms with Crippen molar-refractivity contribution in [3.05, 3.63) is 33.4 Å². The van der Waals surface area contributed by atoms with Gasteiger partial charge >= 0.3 is 0 Å². The lowest BCUT2D eigenvalue weighted by Gasteiger charge is -2.01. The first-order valence-corrected chi connectivity index (χ1v) is 6.67. The van der Waals surface area contributed by atoms with Crippen LogP contribution in [0.2, 0.25) is 0 Å². The van der Waals surface area contributed by atoms with E-state index in [1.165, 1.54) is 0 Å². The van der Waals surface area contributed by atoms with Crippen LogP contribution in [-0.2, 0) is 20.1 Å². The molecule has 1 N–H and O–H groups in total. The first-order valence-electron chi connectivity index (χ1n) is 5.60. The van der Waals surface area contributed by atoms with Crippen LogP contribution >= 0.6 is 22.6 Å².